The molecule has 2 aromatic carbocycles. The van der Waals surface area contributed by atoms with Crippen molar-refractivity contribution in [3.63, 3.8) is 0 Å². The van der Waals surface area contributed by atoms with Gasteiger partial charge in [0.05, 0.1) is 7.11 Å². The van der Waals surface area contributed by atoms with Gasteiger partial charge in [-0.1, -0.05) is 31.2 Å². The SMILES string of the molecule is CC/C(=C\C(=O)OC)c1ccc(-c2cc(F)cc(F)c2)cc1. The number of ether oxygens (including phenoxy) is 1. The molecule has 0 saturated heterocycles. The number of allylic oxidation sites excluding steroid dienone is 1. The van der Waals surface area contributed by atoms with Crippen molar-refractivity contribution >= 4 is 11.5 Å². The molecule has 0 aliphatic carbocycles. The normalized spacial score (nSPS) is 11.4. The third-order valence-electron chi connectivity index (χ3n) is 3.33. The Morgan fingerprint density at radius 2 is 1.64 bits per heavy atom. The number of hydrogen-bond acceptors (Lipinski definition) is 2. The third kappa shape index (κ3) is 3.79. The molecule has 0 fully saturated rings. The van der Waals surface area contributed by atoms with Crippen LogP contribution in [0.1, 0.15) is 18.9 Å². The number of rotatable bonds is 4. The number of hydrogen-bond donors (Lipinski definition) is 0. The van der Waals surface area contributed by atoms with Gasteiger partial charge in [0.15, 0.2) is 0 Å². The number of carbonyl (C=O) groups is 1. The van der Waals surface area contributed by atoms with Crippen molar-refractivity contribution in [1.29, 1.82) is 0 Å². The average molecular weight is 302 g/mol. The lowest BCUT2D eigenvalue weighted by molar-refractivity contribution is -0.134. The van der Waals surface area contributed by atoms with Crippen LogP contribution >= 0.6 is 0 Å². The summed E-state index contributed by atoms with van der Waals surface area (Å²) >= 11 is 0. The summed E-state index contributed by atoms with van der Waals surface area (Å²) in [6, 6.07) is 10.6. The molecular formula is C18H16F2O2. The summed E-state index contributed by atoms with van der Waals surface area (Å²) in [7, 11) is 1.33. The van der Waals surface area contributed by atoms with Crippen LogP contribution in [-0.2, 0) is 9.53 Å². The van der Waals surface area contributed by atoms with Crippen molar-refractivity contribution in [3.05, 3.63) is 65.7 Å². The van der Waals surface area contributed by atoms with E-state index in [1.807, 2.05) is 19.1 Å². The van der Waals surface area contributed by atoms with Gasteiger partial charge in [-0.2, -0.15) is 0 Å². The zero-order chi connectivity index (χ0) is 16.1. The average Bonchev–Trinajstić information content (AvgIpc) is 2.51. The van der Waals surface area contributed by atoms with Crippen molar-refractivity contribution in [3.8, 4) is 11.1 Å². The van der Waals surface area contributed by atoms with Crippen molar-refractivity contribution in [2.75, 3.05) is 7.11 Å². The van der Waals surface area contributed by atoms with Gasteiger partial charge in [0.25, 0.3) is 0 Å². The molecule has 0 aliphatic rings. The highest BCUT2D eigenvalue weighted by atomic mass is 19.1. The van der Waals surface area contributed by atoms with E-state index in [0.29, 0.717) is 17.5 Å². The van der Waals surface area contributed by atoms with E-state index in [2.05, 4.69) is 4.74 Å². The Labute approximate surface area is 128 Å². The molecule has 0 atom stereocenters. The minimum atomic E-state index is -0.612. The molecule has 0 spiro atoms. The molecule has 4 heteroatoms. The van der Waals surface area contributed by atoms with Crippen LogP contribution in [0.25, 0.3) is 16.7 Å². The molecule has 22 heavy (non-hydrogen) atoms. The topological polar surface area (TPSA) is 26.3 Å². The molecule has 0 saturated carbocycles. The van der Waals surface area contributed by atoms with Crippen LogP contribution in [0.4, 0.5) is 8.78 Å². The van der Waals surface area contributed by atoms with Crippen LogP contribution in [0, 0.1) is 11.6 Å². The van der Waals surface area contributed by atoms with Crippen LogP contribution < -0.4 is 0 Å². The highest BCUT2D eigenvalue weighted by Gasteiger charge is 2.06. The lowest BCUT2D eigenvalue weighted by atomic mass is 9.98. The van der Waals surface area contributed by atoms with Gasteiger partial charge in [0.2, 0.25) is 0 Å². The predicted octanol–water partition coefficient (Wildman–Crippen LogP) is 4.60. The first-order valence-electron chi connectivity index (χ1n) is 6.89. The standard InChI is InChI=1S/C18H16F2O2/c1-3-12(10-18(21)22-2)13-4-6-14(7-5-13)15-8-16(19)11-17(20)9-15/h4-11H,3H2,1-2H3/b12-10+. The first kappa shape index (κ1) is 15.9. The van der Waals surface area contributed by atoms with Crippen LogP contribution in [0.2, 0.25) is 0 Å². The maximum absolute atomic E-state index is 13.3. The molecule has 0 amide bonds. The predicted molar refractivity (Wildman–Crippen MR) is 82.1 cm³/mol. The van der Waals surface area contributed by atoms with E-state index in [-0.39, 0.29) is 0 Å². The van der Waals surface area contributed by atoms with E-state index in [4.69, 9.17) is 0 Å². The minimum Gasteiger partial charge on any atom is -0.466 e. The summed E-state index contributed by atoms with van der Waals surface area (Å²) in [6.07, 6.45) is 2.11. The minimum absolute atomic E-state index is 0.409. The maximum atomic E-state index is 13.3. The highest BCUT2D eigenvalue weighted by Crippen LogP contribution is 2.25. The fourth-order valence-electron chi connectivity index (χ4n) is 2.19. The zero-order valence-corrected chi connectivity index (χ0v) is 12.4. The van der Waals surface area contributed by atoms with Crippen molar-refractivity contribution in [2.45, 2.75) is 13.3 Å². The summed E-state index contributed by atoms with van der Waals surface area (Å²) in [5, 5.41) is 0. The lowest BCUT2D eigenvalue weighted by Gasteiger charge is -2.07. The zero-order valence-electron chi connectivity index (χ0n) is 12.4. The van der Waals surface area contributed by atoms with Crippen molar-refractivity contribution in [1.82, 2.24) is 0 Å². The largest absolute Gasteiger partial charge is 0.466 e. The Morgan fingerprint density at radius 3 is 2.14 bits per heavy atom. The second-order valence-corrected chi connectivity index (χ2v) is 4.78. The van der Waals surface area contributed by atoms with Gasteiger partial charge in [-0.15, -0.1) is 0 Å². The molecule has 0 heterocycles. The number of esters is 1. The molecule has 2 nitrogen and oxygen atoms in total. The molecule has 2 aromatic rings. The van der Waals surface area contributed by atoms with Crippen LogP contribution in [0.5, 0.6) is 0 Å². The van der Waals surface area contributed by atoms with Crippen molar-refractivity contribution in [2.24, 2.45) is 0 Å². The van der Waals surface area contributed by atoms with Crippen LogP contribution in [-0.4, -0.2) is 13.1 Å². The van der Waals surface area contributed by atoms with Gasteiger partial charge < -0.3 is 4.74 Å². The molecule has 114 valence electrons. The maximum Gasteiger partial charge on any atom is 0.330 e. The molecule has 0 radical (unpaired) electrons. The van der Waals surface area contributed by atoms with E-state index in [0.717, 1.165) is 17.2 Å². The van der Waals surface area contributed by atoms with Gasteiger partial charge in [-0.3, -0.25) is 0 Å². The van der Waals surface area contributed by atoms with Gasteiger partial charge >= 0.3 is 5.97 Å². The van der Waals surface area contributed by atoms with E-state index in [1.54, 1.807) is 12.1 Å². The van der Waals surface area contributed by atoms with Gasteiger partial charge in [-0.25, -0.2) is 13.6 Å². The Balaban J connectivity index is 2.33. The van der Waals surface area contributed by atoms with E-state index < -0.39 is 17.6 Å². The fourth-order valence-corrected chi connectivity index (χ4v) is 2.19. The van der Waals surface area contributed by atoms with Gasteiger partial charge in [0.1, 0.15) is 11.6 Å². The van der Waals surface area contributed by atoms with E-state index >= 15 is 0 Å². The summed E-state index contributed by atoms with van der Waals surface area (Å²) in [4.78, 5) is 11.3. The Hall–Kier alpha value is -2.49. The number of halogens is 2. The molecule has 0 aromatic heterocycles. The smallest absolute Gasteiger partial charge is 0.330 e. The lowest BCUT2D eigenvalue weighted by Crippen LogP contribution is -1.97. The second-order valence-electron chi connectivity index (χ2n) is 4.78. The third-order valence-corrected chi connectivity index (χ3v) is 3.33. The summed E-state index contributed by atoms with van der Waals surface area (Å²) in [5.74, 6) is -1.63. The van der Waals surface area contributed by atoms with Gasteiger partial charge in [-0.05, 0) is 40.8 Å². The molecule has 0 N–H and O–H groups in total. The van der Waals surface area contributed by atoms with Crippen molar-refractivity contribution < 1.29 is 18.3 Å². The van der Waals surface area contributed by atoms with E-state index in [1.165, 1.54) is 25.3 Å². The second kappa shape index (κ2) is 6.98. The Kier molecular flexibility index (Phi) is 5.04. The van der Waals surface area contributed by atoms with E-state index in [9.17, 15) is 13.6 Å². The quantitative estimate of drug-likeness (QED) is 0.609. The molecule has 0 aliphatic heterocycles. The van der Waals surface area contributed by atoms with Gasteiger partial charge in [0, 0.05) is 12.1 Å². The monoisotopic (exact) mass is 302 g/mol. The summed E-state index contributed by atoms with van der Waals surface area (Å²) in [6.45, 7) is 1.94. The Bertz CT molecular complexity index is 683. The first-order valence-corrected chi connectivity index (χ1v) is 6.89. The number of methoxy groups -OCH3 is 1. The van der Waals surface area contributed by atoms with Crippen LogP contribution in [0.15, 0.2) is 48.5 Å². The van der Waals surface area contributed by atoms with Crippen LogP contribution in [0.3, 0.4) is 0 Å². The Morgan fingerprint density at radius 1 is 1.05 bits per heavy atom. The number of benzene rings is 2. The summed E-state index contributed by atoms with van der Waals surface area (Å²) < 4.78 is 31.1. The summed E-state index contributed by atoms with van der Waals surface area (Å²) in [5.41, 5.74) is 2.88. The highest BCUT2D eigenvalue weighted by molar-refractivity contribution is 5.91. The molecule has 0 bridgehead atoms. The molecular weight excluding hydrogens is 286 g/mol. The first-order chi connectivity index (χ1) is 10.5. The number of carbonyl (C=O) groups excluding carboxylic acids is 1. The molecule has 2 rings (SSSR count). The fraction of sp³-hybridized carbons (Fsp3) is 0.167. The molecule has 0 unspecified atom stereocenters.